The van der Waals surface area contributed by atoms with Crippen LogP contribution in [0, 0.1) is 0 Å². The quantitative estimate of drug-likeness (QED) is 0.533. The first kappa shape index (κ1) is 17.9. The number of nitrogens with two attached hydrogens (primary N) is 1. The number of imidazole rings is 1. The Labute approximate surface area is 152 Å². The molecule has 2 N–H and O–H groups in total. The Balaban J connectivity index is 1.88. The molecule has 0 aliphatic heterocycles. The van der Waals surface area contributed by atoms with E-state index in [9.17, 15) is 13.6 Å². The smallest absolute Gasteiger partial charge is 0.342 e. The number of carbonyl (C=O) groups is 1. The van der Waals surface area contributed by atoms with Gasteiger partial charge in [0, 0.05) is 6.07 Å². The van der Waals surface area contributed by atoms with Crippen molar-refractivity contribution in [2.24, 2.45) is 0 Å². The summed E-state index contributed by atoms with van der Waals surface area (Å²) in [7, 11) is 1.36. The van der Waals surface area contributed by atoms with Crippen LogP contribution in [0.3, 0.4) is 0 Å². The number of nitrogens with zero attached hydrogens (tertiary/aromatic N) is 2. The molecule has 0 spiro atoms. The SMILES string of the molecule is COc1cc(N)c(Cl)cc1C(=O)OCc1nc2ccccc2n1C(F)F. The lowest BCUT2D eigenvalue weighted by Gasteiger charge is -2.11. The molecule has 136 valence electrons. The zero-order valence-corrected chi connectivity index (χ0v) is 14.3. The zero-order chi connectivity index (χ0) is 18.8. The van der Waals surface area contributed by atoms with E-state index in [2.05, 4.69) is 4.98 Å². The molecule has 1 aromatic heterocycles. The largest absolute Gasteiger partial charge is 0.496 e. The Hall–Kier alpha value is -2.87. The molecule has 3 aromatic rings. The third-order valence-corrected chi connectivity index (χ3v) is 4.06. The molecular formula is C17H14ClF2N3O3. The molecule has 0 atom stereocenters. The van der Waals surface area contributed by atoms with Gasteiger partial charge < -0.3 is 15.2 Å². The summed E-state index contributed by atoms with van der Waals surface area (Å²) in [5.41, 5.74) is 6.57. The van der Waals surface area contributed by atoms with Gasteiger partial charge in [-0.15, -0.1) is 0 Å². The van der Waals surface area contributed by atoms with Crippen LogP contribution in [-0.4, -0.2) is 22.6 Å². The summed E-state index contributed by atoms with van der Waals surface area (Å²) in [6.45, 7) is -3.26. The van der Waals surface area contributed by atoms with Gasteiger partial charge in [-0.25, -0.2) is 9.78 Å². The average molecular weight is 382 g/mol. The first-order valence-corrected chi connectivity index (χ1v) is 7.84. The Bertz CT molecular complexity index is 975. The fraction of sp³-hybridized carbons (Fsp3) is 0.176. The van der Waals surface area contributed by atoms with Gasteiger partial charge in [0.05, 0.1) is 28.9 Å². The van der Waals surface area contributed by atoms with Gasteiger partial charge in [0.25, 0.3) is 0 Å². The van der Waals surface area contributed by atoms with Crippen LogP contribution in [0.25, 0.3) is 11.0 Å². The number of fused-ring (bicyclic) bond motifs is 1. The molecule has 3 rings (SSSR count). The number of hydrogen-bond donors (Lipinski definition) is 1. The van der Waals surface area contributed by atoms with Crippen LogP contribution in [0.4, 0.5) is 14.5 Å². The molecule has 2 aromatic carbocycles. The van der Waals surface area contributed by atoms with Crippen molar-refractivity contribution in [1.29, 1.82) is 0 Å². The van der Waals surface area contributed by atoms with Crippen molar-refractivity contribution in [2.75, 3.05) is 12.8 Å². The minimum Gasteiger partial charge on any atom is -0.496 e. The van der Waals surface area contributed by atoms with Crippen LogP contribution in [0.15, 0.2) is 36.4 Å². The van der Waals surface area contributed by atoms with Crippen LogP contribution < -0.4 is 10.5 Å². The number of esters is 1. The van der Waals surface area contributed by atoms with Gasteiger partial charge in [-0.05, 0) is 18.2 Å². The Morgan fingerprint density at radius 2 is 2.08 bits per heavy atom. The van der Waals surface area contributed by atoms with E-state index in [1.165, 1.54) is 25.3 Å². The molecule has 0 radical (unpaired) electrons. The molecule has 0 unspecified atom stereocenters. The van der Waals surface area contributed by atoms with Crippen molar-refractivity contribution in [3.63, 3.8) is 0 Å². The van der Waals surface area contributed by atoms with Gasteiger partial charge in [0.15, 0.2) is 5.82 Å². The van der Waals surface area contributed by atoms with Crippen LogP contribution in [-0.2, 0) is 11.3 Å². The van der Waals surface area contributed by atoms with Crippen molar-refractivity contribution in [3.05, 3.63) is 52.8 Å². The molecule has 6 nitrogen and oxygen atoms in total. The van der Waals surface area contributed by atoms with E-state index < -0.39 is 19.1 Å². The Morgan fingerprint density at radius 1 is 1.35 bits per heavy atom. The number of nitrogen functional groups attached to an aromatic ring is 1. The number of anilines is 1. The standard InChI is InChI=1S/C17H14ClF2N3O3/c1-25-14-7-11(21)10(18)6-9(14)16(24)26-8-15-22-12-4-2-3-5-13(12)23(15)17(19)20/h2-7,17H,8,21H2,1H3. The minimum atomic E-state index is -2.82. The second-order valence-corrected chi connectivity index (χ2v) is 5.72. The molecule has 26 heavy (non-hydrogen) atoms. The molecule has 0 fully saturated rings. The van der Waals surface area contributed by atoms with Crippen molar-refractivity contribution < 1.29 is 23.0 Å². The molecule has 0 aliphatic carbocycles. The fourth-order valence-corrected chi connectivity index (χ4v) is 2.68. The number of hydrogen-bond acceptors (Lipinski definition) is 5. The monoisotopic (exact) mass is 381 g/mol. The van der Waals surface area contributed by atoms with Crippen molar-refractivity contribution >= 4 is 34.3 Å². The molecule has 1 heterocycles. The highest BCUT2D eigenvalue weighted by molar-refractivity contribution is 6.33. The van der Waals surface area contributed by atoms with E-state index in [-0.39, 0.29) is 33.4 Å². The number of rotatable bonds is 5. The van der Waals surface area contributed by atoms with Gasteiger partial charge in [-0.1, -0.05) is 23.7 Å². The first-order chi connectivity index (χ1) is 12.4. The molecule has 0 saturated carbocycles. The number of alkyl halides is 2. The van der Waals surface area contributed by atoms with Gasteiger partial charge in [0.1, 0.15) is 17.9 Å². The molecular weight excluding hydrogens is 368 g/mol. The van der Waals surface area contributed by atoms with Crippen LogP contribution in [0.2, 0.25) is 5.02 Å². The molecule has 0 aliphatic rings. The molecule has 0 saturated heterocycles. The van der Waals surface area contributed by atoms with Crippen molar-refractivity contribution in [1.82, 2.24) is 9.55 Å². The first-order valence-electron chi connectivity index (χ1n) is 7.46. The lowest BCUT2D eigenvalue weighted by atomic mass is 10.2. The highest BCUT2D eigenvalue weighted by Crippen LogP contribution is 2.30. The van der Waals surface area contributed by atoms with Gasteiger partial charge in [-0.2, -0.15) is 8.78 Å². The van der Waals surface area contributed by atoms with Gasteiger partial charge in [-0.3, -0.25) is 4.57 Å². The Morgan fingerprint density at radius 3 is 2.77 bits per heavy atom. The number of benzene rings is 2. The topological polar surface area (TPSA) is 79.4 Å². The summed E-state index contributed by atoms with van der Waals surface area (Å²) in [5.74, 6) is -0.703. The summed E-state index contributed by atoms with van der Waals surface area (Å²) in [5, 5.41) is 0.151. The van der Waals surface area contributed by atoms with E-state index in [4.69, 9.17) is 26.8 Å². The number of ether oxygens (including phenoxy) is 2. The third-order valence-electron chi connectivity index (χ3n) is 3.74. The Kier molecular flexibility index (Phi) is 4.94. The molecule has 9 heteroatoms. The van der Waals surface area contributed by atoms with E-state index in [1.807, 2.05) is 0 Å². The van der Waals surface area contributed by atoms with Gasteiger partial charge >= 0.3 is 12.5 Å². The predicted molar refractivity (Wildman–Crippen MR) is 92.5 cm³/mol. The highest BCUT2D eigenvalue weighted by atomic mass is 35.5. The van der Waals surface area contributed by atoms with Crippen LogP contribution in [0.1, 0.15) is 22.7 Å². The number of aromatic nitrogens is 2. The lowest BCUT2D eigenvalue weighted by molar-refractivity contribution is 0.0384. The van der Waals surface area contributed by atoms with Crippen molar-refractivity contribution in [2.45, 2.75) is 13.2 Å². The van der Waals surface area contributed by atoms with E-state index in [0.717, 1.165) is 4.57 Å². The third kappa shape index (κ3) is 3.28. The van der Waals surface area contributed by atoms with E-state index in [1.54, 1.807) is 18.2 Å². The van der Waals surface area contributed by atoms with Crippen molar-refractivity contribution in [3.8, 4) is 5.75 Å². The number of carbonyl (C=O) groups excluding carboxylic acids is 1. The summed E-state index contributed by atoms with van der Waals surface area (Å²) in [6, 6.07) is 9.11. The fourth-order valence-electron chi connectivity index (χ4n) is 2.52. The minimum absolute atomic E-state index is 0.0337. The summed E-state index contributed by atoms with van der Waals surface area (Å²) in [4.78, 5) is 16.4. The number of methoxy groups -OCH3 is 1. The molecule has 0 amide bonds. The maximum Gasteiger partial charge on any atom is 0.342 e. The van der Waals surface area contributed by atoms with E-state index in [0.29, 0.717) is 5.52 Å². The molecule has 0 bridgehead atoms. The maximum absolute atomic E-state index is 13.4. The predicted octanol–water partition coefficient (Wildman–Crippen LogP) is 4.03. The normalized spacial score (nSPS) is 11.1. The average Bonchev–Trinajstić information content (AvgIpc) is 3.00. The summed E-state index contributed by atoms with van der Waals surface area (Å²) >= 11 is 5.92. The van der Waals surface area contributed by atoms with E-state index >= 15 is 0 Å². The second kappa shape index (κ2) is 7.17. The zero-order valence-electron chi connectivity index (χ0n) is 13.6. The number of para-hydroxylation sites is 2. The van der Waals surface area contributed by atoms with Crippen LogP contribution >= 0.6 is 11.6 Å². The van der Waals surface area contributed by atoms with Gasteiger partial charge in [0.2, 0.25) is 0 Å². The number of halogens is 3. The van der Waals surface area contributed by atoms with Crippen LogP contribution in [0.5, 0.6) is 5.75 Å². The summed E-state index contributed by atoms with van der Waals surface area (Å²) < 4.78 is 37.7. The lowest BCUT2D eigenvalue weighted by Crippen LogP contribution is -2.12. The second-order valence-electron chi connectivity index (χ2n) is 5.31. The highest BCUT2D eigenvalue weighted by Gasteiger charge is 2.21. The maximum atomic E-state index is 13.4. The summed E-state index contributed by atoms with van der Waals surface area (Å²) in [6.07, 6.45) is 0.